The number of carbonyl (C=O) groups excluding carboxylic acids is 1. The maximum Gasteiger partial charge on any atom is 0.416 e. The first-order valence-corrected chi connectivity index (χ1v) is 5.88. The van der Waals surface area contributed by atoms with Crippen molar-refractivity contribution in [2.24, 2.45) is 0 Å². The number of nitrogens with zero attached hydrogens (tertiary/aromatic N) is 1. The fourth-order valence-corrected chi connectivity index (χ4v) is 1.61. The normalized spacial score (nSPS) is 12.4. The molecule has 0 aliphatic heterocycles. The van der Waals surface area contributed by atoms with Gasteiger partial charge in [0.05, 0.1) is 5.56 Å². The molecule has 3 nitrogen and oxygen atoms in total. The fraction of sp³-hybridized carbons (Fsp3) is 0.286. The van der Waals surface area contributed by atoms with Gasteiger partial charge in [0.1, 0.15) is 11.6 Å². The Kier molecular flexibility index (Phi) is 4.92. The van der Waals surface area contributed by atoms with Gasteiger partial charge in [-0.3, -0.25) is 4.79 Å². The first-order chi connectivity index (χ1) is 9.31. The Hall–Kier alpha value is -2.29. The Morgan fingerprint density at radius 1 is 1.30 bits per heavy atom. The Labute approximate surface area is 114 Å². The van der Waals surface area contributed by atoms with E-state index in [1.807, 2.05) is 0 Å². The molecular formula is C14H13F3N2O. The molecule has 0 atom stereocenters. The van der Waals surface area contributed by atoms with Crippen LogP contribution in [-0.2, 0) is 6.18 Å². The molecule has 1 aromatic rings. The van der Waals surface area contributed by atoms with Crippen LogP contribution in [0.5, 0.6) is 0 Å². The topological polar surface area (TPSA) is 52.9 Å². The number of alkyl halides is 3. The highest BCUT2D eigenvalue weighted by Crippen LogP contribution is 2.29. The van der Waals surface area contributed by atoms with Gasteiger partial charge in [0, 0.05) is 17.8 Å². The molecule has 6 heteroatoms. The number of ketones is 1. The summed E-state index contributed by atoms with van der Waals surface area (Å²) in [7, 11) is 0. The van der Waals surface area contributed by atoms with Gasteiger partial charge in [-0.2, -0.15) is 18.4 Å². The second-order valence-electron chi connectivity index (χ2n) is 4.05. The van der Waals surface area contributed by atoms with Crippen molar-refractivity contribution in [2.75, 3.05) is 6.54 Å². The lowest BCUT2D eigenvalue weighted by Crippen LogP contribution is -2.16. The third-order valence-electron chi connectivity index (χ3n) is 2.63. The molecule has 1 rings (SSSR count). The molecule has 20 heavy (non-hydrogen) atoms. The lowest BCUT2D eigenvalue weighted by Gasteiger charge is -2.08. The van der Waals surface area contributed by atoms with Crippen molar-refractivity contribution in [3.05, 3.63) is 46.7 Å². The van der Waals surface area contributed by atoms with Gasteiger partial charge in [0.25, 0.3) is 0 Å². The van der Waals surface area contributed by atoms with Crippen molar-refractivity contribution in [1.82, 2.24) is 5.32 Å². The predicted molar refractivity (Wildman–Crippen MR) is 67.8 cm³/mol. The average molecular weight is 282 g/mol. The summed E-state index contributed by atoms with van der Waals surface area (Å²) in [6, 6.07) is 5.57. The van der Waals surface area contributed by atoms with Crippen LogP contribution in [0.25, 0.3) is 0 Å². The molecule has 0 radical (unpaired) electrons. The van der Waals surface area contributed by atoms with E-state index in [0.717, 1.165) is 24.3 Å². The number of Topliss-reactive ketones (excluding diaryl/α,β-unsaturated/α-hetero) is 1. The van der Waals surface area contributed by atoms with E-state index in [1.54, 1.807) is 19.9 Å². The molecule has 0 aliphatic rings. The number of rotatable bonds is 4. The lowest BCUT2D eigenvalue weighted by atomic mass is 10.0. The maximum atomic E-state index is 12.4. The Morgan fingerprint density at radius 3 is 2.25 bits per heavy atom. The van der Waals surface area contributed by atoms with Crippen molar-refractivity contribution in [3.8, 4) is 6.07 Å². The molecule has 0 fully saturated rings. The molecule has 0 unspecified atom stereocenters. The van der Waals surface area contributed by atoms with E-state index in [9.17, 15) is 18.0 Å². The van der Waals surface area contributed by atoms with Gasteiger partial charge in [-0.1, -0.05) is 12.1 Å². The van der Waals surface area contributed by atoms with E-state index in [4.69, 9.17) is 5.26 Å². The summed E-state index contributed by atoms with van der Waals surface area (Å²) in [5, 5.41) is 11.8. The molecular weight excluding hydrogens is 269 g/mol. The number of benzene rings is 1. The summed E-state index contributed by atoms with van der Waals surface area (Å²) >= 11 is 0. The van der Waals surface area contributed by atoms with Gasteiger partial charge in [-0.05, 0) is 26.0 Å². The van der Waals surface area contributed by atoms with Gasteiger partial charge in [0.2, 0.25) is 5.78 Å². The summed E-state index contributed by atoms with van der Waals surface area (Å²) in [6.07, 6.45) is -4.45. The Bertz CT molecular complexity index is 566. The van der Waals surface area contributed by atoms with Crippen LogP contribution >= 0.6 is 0 Å². The Morgan fingerprint density at radius 2 is 1.85 bits per heavy atom. The highest BCUT2D eigenvalue weighted by atomic mass is 19.4. The minimum Gasteiger partial charge on any atom is -0.388 e. The summed E-state index contributed by atoms with van der Waals surface area (Å²) in [5.74, 6) is -0.598. The smallest absolute Gasteiger partial charge is 0.388 e. The number of hydrogen-bond acceptors (Lipinski definition) is 3. The first kappa shape index (κ1) is 15.8. The third kappa shape index (κ3) is 3.60. The summed E-state index contributed by atoms with van der Waals surface area (Å²) in [4.78, 5) is 12.1. The summed E-state index contributed by atoms with van der Waals surface area (Å²) in [5.41, 5.74) is -0.488. The number of nitriles is 1. The van der Waals surface area contributed by atoms with Gasteiger partial charge in [0.15, 0.2) is 0 Å². The van der Waals surface area contributed by atoms with E-state index in [-0.39, 0.29) is 11.1 Å². The monoisotopic (exact) mass is 282 g/mol. The highest BCUT2D eigenvalue weighted by molar-refractivity contribution is 6.11. The predicted octanol–water partition coefficient (Wildman–Crippen LogP) is 3.30. The Balaban J connectivity index is 3.10. The van der Waals surface area contributed by atoms with Gasteiger partial charge < -0.3 is 5.32 Å². The van der Waals surface area contributed by atoms with E-state index in [2.05, 4.69) is 5.32 Å². The van der Waals surface area contributed by atoms with E-state index in [1.165, 1.54) is 0 Å². The number of halogens is 3. The zero-order valence-corrected chi connectivity index (χ0v) is 11.0. The van der Waals surface area contributed by atoms with E-state index >= 15 is 0 Å². The quantitative estimate of drug-likeness (QED) is 0.523. The molecule has 106 valence electrons. The first-order valence-electron chi connectivity index (χ1n) is 5.88. The van der Waals surface area contributed by atoms with Crippen molar-refractivity contribution >= 4 is 5.78 Å². The number of nitrogens with one attached hydrogen (secondary N) is 1. The fourth-order valence-electron chi connectivity index (χ4n) is 1.61. The van der Waals surface area contributed by atoms with Crippen molar-refractivity contribution in [3.63, 3.8) is 0 Å². The van der Waals surface area contributed by atoms with Crippen LogP contribution in [0.2, 0.25) is 0 Å². The van der Waals surface area contributed by atoms with Crippen LogP contribution in [0.4, 0.5) is 13.2 Å². The van der Waals surface area contributed by atoms with E-state index in [0.29, 0.717) is 12.2 Å². The minimum absolute atomic E-state index is 0.0480. The van der Waals surface area contributed by atoms with Gasteiger partial charge in [-0.15, -0.1) is 0 Å². The number of hydrogen-bond donors (Lipinski definition) is 1. The molecule has 0 spiro atoms. The molecule has 0 aromatic heterocycles. The largest absolute Gasteiger partial charge is 0.416 e. The molecule has 0 saturated heterocycles. The van der Waals surface area contributed by atoms with Crippen LogP contribution < -0.4 is 5.32 Å². The molecule has 0 aliphatic carbocycles. The number of allylic oxidation sites excluding steroid dienone is 2. The molecule has 0 amide bonds. The van der Waals surface area contributed by atoms with Crippen LogP contribution in [-0.4, -0.2) is 12.3 Å². The maximum absolute atomic E-state index is 12.4. The van der Waals surface area contributed by atoms with Crippen LogP contribution in [0.1, 0.15) is 29.8 Å². The van der Waals surface area contributed by atoms with Crippen molar-refractivity contribution in [2.45, 2.75) is 20.0 Å². The molecule has 0 bridgehead atoms. The second kappa shape index (κ2) is 6.24. The second-order valence-corrected chi connectivity index (χ2v) is 4.05. The van der Waals surface area contributed by atoms with Gasteiger partial charge >= 0.3 is 6.18 Å². The standard InChI is InChI=1S/C14H13F3N2O/c1-3-19-9(2)12(8-18)13(20)10-4-6-11(7-5-10)14(15,16)17/h4-7,19H,3H2,1-2H3/b12-9+. The van der Waals surface area contributed by atoms with Gasteiger partial charge in [-0.25, -0.2) is 0 Å². The molecule has 0 heterocycles. The van der Waals surface area contributed by atoms with Crippen molar-refractivity contribution in [1.29, 1.82) is 5.26 Å². The summed E-state index contributed by atoms with van der Waals surface area (Å²) in [6.45, 7) is 3.92. The number of carbonyl (C=O) groups is 1. The van der Waals surface area contributed by atoms with Crippen LogP contribution in [0.3, 0.4) is 0 Å². The van der Waals surface area contributed by atoms with Crippen LogP contribution in [0.15, 0.2) is 35.5 Å². The molecule has 1 aromatic carbocycles. The highest BCUT2D eigenvalue weighted by Gasteiger charge is 2.30. The molecule has 1 N–H and O–H groups in total. The lowest BCUT2D eigenvalue weighted by molar-refractivity contribution is -0.137. The third-order valence-corrected chi connectivity index (χ3v) is 2.63. The zero-order chi connectivity index (χ0) is 15.3. The van der Waals surface area contributed by atoms with Crippen molar-refractivity contribution < 1.29 is 18.0 Å². The van der Waals surface area contributed by atoms with E-state index < -0.39 is 17.5 Å². The minimum atomic E-state index is -4.45. The zero-order valence-electron chi connectivity index (χ0n) is 11.0. The molecule has 0 saturated carbocycles. The summed E-state index contributed by atoms with van der Waals surface area (Å²) < 4.78 is 37.3. The van der Waals surface area contributed by atoms with Crippen LogP contribution in [0, 0.1) is 11.3 Å². The SMILES string of the molecule is CCN/C(C)=C(\C#N)C(=O)c1ccc(C(F)(F)F)cc1. The average Bonchev–Trinajstić information content (AvgIpc) is 2.39.